The number of hydrogen-bond donors (Lipinski definition) is 2. The first kappa shape index (κ1) is 14.4. The molecule has 2 saturated heterocycles. The lowest BCUT2D eigenvalue weighted by atomic mass is 10.5. The second kappa shape index (κ2) is 6.94. The number of nitrogens with zero attached hydrogens (tertiary/aromatic N) is 4. The molecule has 2 N–H and O–H groups in total. The molecule has 0 aliphatic carbocycles. The van der Waals surface area contributed by atoms with Gasteiger partial charge in [0.05, 0.1) is 32.6 Å². The highest BCUT2D eigenvalue weighted by molar-refractivity contribution is 5.39. The van der Waals surface area contributed by atoms with Crippen molar-refractivity contribution in [3.63, 3.8) is 0 Å². The highest BCUT2D eigenvalue weighted by atomic mass is 19.1. The minimum Gasteiger partial charge on any atom is -0.379 e. The first-order chi connectivity index (χ1) is 10.3. The Hall–Kier alpha value is -1.55. The maximum absolute atomic E-state index is 13.8. The first-order valence-corrected chi connectivity index (χ1v) is 7.02. The van der Waals surface area contributed by atoms with E-state index < -0.39 is 5.82 Å². The van der Waals surface area contributed by atoms with Gasteiger partial charge < -0.3 is 14.9 Å². The van der Waals surface area contributed by atoms with Crippen LogP contribution in [0.4, 0.5) is 16.2 Å². The molecule has 0 atom stereocenters. The number of hydrogen-bond acceptors (Lipinski definition) is 8. The first-order valence-electron chi connectivity index (χ1n) is 7.02. The second-order valence-electron chi connectivity index (χ2n) is 4.81. The lowest BCUT2D eigenvalue weighted by Gasteiger charge is -2.28. The number of morpholine rings is 2. The Labute approximate surface area is 122 Å². The van der Waals surface area contributed by atoms with E-state index >= 15 is 0 Å². The predicted molar refractivity (Wildman–Crippen MR) is 74.0 cm³/mol. The summed E-state index contributed by atoms with van der Waals surface area (Å²) < 4.78 is 24.3. The number of ether oxygens (including phenoxy) is 2. The van der Waals surface area contributed by atoms with Crippen LogP contribution in [-0.2, 0) is 9.47 Å². The summed E-state index contributed by atoms with van der Waals surface area (Å²) in [7, 11) is 0. The van der Waals surface area contributed by atoms with Crippen molar-refractivity contribution in [2.45, 2.75) is 0 Å². The van der Waals surface area contributed by atoms with Gasteiger partial charge in [0, 0.05) is 26.2 Å². The summed E-state index contributed by atoms with van der Waals surface area (Å²) in [5.41, 5.74) is 6.04. The molecule has 3 heterocycles. The lowest BCUT2D eigenvalue weighted by Crippen LogP contribution is -2.41. The fourth-order valence-corrected chi connectivity index (χ4v) is 2.14. The predicted octanol–water partition coefficient (Wildman–Crippen LogP) is -0.0661. The zero-order valence-electron chi connectivity index (χ0n) is 11.7. The fourth-order valence-electron chi connectivity index (χ4n) is 2.14. The fraction of sp³-hybridized carbons (Fsp3) is 0.667. The SMILES string of the molecule is Fc1cnc(NN2CCOCC2)nc1NN1CCOCC1. The number of hydrazine groups is 2. The van der Waals surface area contributed by atoms with Crippen LogP contribution in [0.2, 0.25) is 0 Å². The van der Waals surface area contributed by atoms with Crippen LogP contribution in [0, 0.1) is 5.82 Å². The van der Waals surface area contributed by atoms with Crippen LogP contribution in [0.25, 0.3) is 0 Å². The van der Waals surface area contributed by atoms with Gasteiger partial charge >= 0.3 is 0 Å². The zero-order chi connectivity index (χ0) is 14.5. The molecule has 2 fully saturated rings. The smallest absolute Gasteiger partial charge is 0.239 e. The monoisotopic (exact) mass is 298 g/mol. The maximum atomic E-state index is 13.8. The molecule has 1 aromatic rings. The zero-order valence-corrected chi connectivity index (χ0v) is 11.7. The molecule has 3 rings (SSSR count). The molecule has 1 aromatic heterocycles. The Morgan fingerprint density at radius 3 is 2.14 bits per heavy atom. The van der Waals surface area contributed by atoms with Crippen molar-refractivity contribution in [2.75, 3.05) is 63.5 Å². The van der Waals surface area contributed by atoms with Crippen molar-refractivity contribution < 1.29 is 13.9 Å². The largest absolute Gasteiger partial charge is 0.379 e. The van der Waals surface area contributed by atoms with E-state index in [1.165, 1.54) is 6.20 Å². The molecule has 0 amide bonds. The number of anilines is 2. The van der Waals surface area contributed by atoms with E-state index in [-0.39, 0.29) is 5.82 Å². The van der Waals surface area contributed by atoms with E-state index in [2.05, 4.69) is 20.8 Å². The molecular weight excluding hydrogens is 279 g/mol. The van der Waals surface area contributed by atoms with E-state index in [1.807, 2.05) is 10.0 Å². The number of halogens is 1. The van der Waals surface area contributed by atoms with E-state index in [9.17, 15) is 4.39 Å². The van der Waals surface area contributed by atoms with Gasteiger partial charge in [0.2, 0.25) is 5.95 Å². The van der Waals surface area contributed by atoms with Crippen LogP contribution in [0.1, 0.15) is 0 Å². The molecular formula is C12H19FN6O2. The van der Waals surface area contributed by atoms with E-state index in [0.717, 1.165) is 13.1 Å². The topological polar surface area (TPSA) is 74.8 Å². The van der Waals surface area contributed by atoms with Gasteiger partial charge in [-0.2, -0.15) is 4.98 Å². The molecule has 0 bridgehead atoms. The minimum atomic E-state index is -0.478. The molecule has 2 aliphatic heterocycles. The van der Waals surface area contributed by atoms with Gasteiger partial charge in [-0.05, 0) is 0 Å². The van der Waals surface area contributed by atoms with Crippen molar-refractivity contribution >= 4 is 11.8 Å². The van der Waals surface area contributed by atoms with Crippen molar-refractivity contribution in [3.8, 4) is 0 Å². The van der Waals surface area contributed by atoms with Crippen molar-refractivity contribution in [2.24, 2.45) is 0 Å². The molecule has 116 valence electrons. The van der Waals surface area contributed by atoms with Crippen LogP contribution in [0.3, 0.4) is 0 Å². The van der Waals surface area contributed by atoms with E-state index in [4.69, 9.17) is 9.47 Å². The Bertz CT molecular complexity index is 465. The third-order valence-corrected chi connectivity index (χ3v) is 3.29. The van der Waals surface area contributed by atoms with Crippen LogP contribution in [0.5, 0.6) is 0 Å². The van der Waals surface area contributed by atoms with Gasteiger partial charge in [0.25, 0.3) is 0 Å². The van der Waals surface area contributed by atoms with Crippen molar-refractivity contribution in [1.29, 1.82) is 0 Å². The summed E-state index contributed by atoms with van der Waals surface area (Å²) in [6, 6.07) is 0. The van der Waals surface area contributed by atoms with Crippen LogP contribution in [0.15, 0.2) is 6.20 Å². The molecule has 8 nitrogen and oxygen atoms in total. The van der Waals surface area contributed by atoms with E-state index in [0.29, 0.717) is 45.5 Å². The number of aromatic nitrogens is 2. The normalized spacial score (nSPS) is 21.2. The standard InChI is InChI=1S/C12H19FN6O2/c13-10-9-14-12(17-19-3-7-21-8-4-19)15-11(10)16-18-1-5-20-6-2-18/h9H,1-8H2,(H2,14,15,16,17). The average molecular weight is 298 g/mol. The van der Waals surface area contributed by atoms with E-state index in [1.54, 1.807) is 0 Å². The second-order valence-corrected chi connectivity index (χ2v) is 4.81. The van der Waals surface area contributed by atoms with Crippen LogP contribution in [-0.4, -0.2) is 72.6 Å². The number of rotatable bonds is 4. The lowest BCUT2D eigenvalue weighted by molar-refractivity contribution is 0.0487. The van der Waals surface area contributed by atoms with Gasteiger partial charge in [-0.15, -0.1) is 0 Å². The summed E-state index contributed by atoms with van der Waals surface area (Å²) >= 11 is 0. The maximum Gasteiger partial charge on any atom is 0.239 e. The molecule has 0 radical (unpaired) electrons. The molecule has 0 saturated carbocycles. The molecule has 0 spiro atoms. The molecule has 21 heavy (non-hydrogen) atoms. The molecule has 0 aromatic carbocycles. The average Bonchev–Trinajstić information content (AvgIpc) is 2.53. The van der Waals surface area contributed by atoms with Crippen molar-refractivity contribution in [3.05, 3.63) is 12.0 Å². The summed E-state index contributed by atoms with van der Waals surface area (Å²) in [6.45, 7) is 5.43. The molecule has 2 aliphatic rings. The summed E-state index contributed by atoms with van der Waals surface area (Å²) in [5.74, 6) is 0.0609. The highest BCUT2D eigenvalue weighted by Gasteiger charge is 2.16. The van der Waals surface area contributed by atoms with Crippen LogP contribution >= 0.6 is 0 Å². The molecule has 0 unspecified atom stereocenters. The summed E-state index contributed by atoms with van der Waals surface area (Å²) in [6.07, 6.45) is 1.17. The number of nitrogens with one attached hydrogen (secondary N) is 2. The molecule has 9 heteroatoms. The van der Waals surface area contributed by atoms with Gasteiger partial charge in [0.1, 0.15) is 0 Å². The summed E-state index contributed by atoms with van der Waals surface area (Å²) in [4.78, 5) is 8.15. The third kappa shape index (κ3) is 3.97. The quantitative estimate of drug-likeness (QED) is 0.800. The Morgan fingerprint density at radius 2 is 1.52 bits per heavy atom. The third-order valence-electron chi connectivity index (χ3n) is 3.29. The summed E-state index contributed by atoms with van der Waals surface area (Å²) in [5, 5.41) is 3.84. The van der Waals surface area contributed by atoms with Crippen LogP contribution < -0.4 is 10.9 Å². The highest BCUT2D eigenvalue weighted by Crippen LogP contribution is 2.14. The Kier molecular flexibility index (Phi) is 4.76. The van der Waals surface area contributed by atoms with Gasteiger partial charge in [0.15, 0.2) is 11.6 Å². The van der Waals surface area contributed by atoms with Gasteiger partial charge in [-0.1, -0.05) is 0 Å². The van der Waals surface area contributed by atoms with Gasteiger partial charge in [-0.3, -0.25) is 5.43 Å². The van der Waals surface area contributed by atoms with Gasteiger partial charge in [-0.25, -0.2) is 19.4 Å². The Morgan fingerprint density at radius 1 is 0.952 bits per heavy atom. The minimum absolute atomic E-state index is 0.169. The Balaban J connectivity index is 1.63. The van der Waals surface area contributed by atoms with Crippen molar-refractivity contribution in [1.82, 2.24) is 20.0 Å².